The SMILES string of the molecule is Cc1ccnc(N(OC(C)(C)C)C(=O)OC(C)(C)C)n1. The minimum Gasteiger partial charge on any atom is -0.442 e. The van der Waals surface area contributed by atoms with Gasteiger partial charge in [0, 0.05) is 11.9 Å². The van der Waals surface area contributed by atoms with Gasteiger partial charge in [-0.05, 0) is 54.5 Å². The number of carbonyl (C=O) groups excluding carboxylic acids is 1. The summed E-state index contributed by atoms with van der Waals surface area (Å²) < 4.78 is 5.32. The van der Waals surface area contributed by atoms with Crippen molar-refractivity contribution in [1.29, 1.82) is 0 Å². The number of aryl methyl sites for hydroxylation is 1. The van der Waals surface area contributed by atoms with E-state index in [9.17, 15) is 4.79 Å². The highest BCUT2D eigenvalue weighted by Crippen LogP contribution is 2.19. The molecule has 1 amide bonds. The molecule has 0 unspecified atom stereocenters. The van der Waals surface area contributed by atoms with Crippen molar-refractivity contribution >= 4 is 12.0 Å². The van der Waals surface area contributed by atoms with Gasteiger partial charge in [-0.15, -0.1) is 5.06 Å². The van der Waals surface area contributed by atoms with Crippen LogP contribution in [0.4, 0.5) is 10.7 Å². The molecule has 1 aromatic heterocycles. The number of anilines is 1. The number of hydrogen-bond acceptors (Lipinski definition) is 5. The quantitative estimate of drug-likeness (QED) is 0.778. The molecule has 20 heavy (non-hydrogen) atoms. The van der Waals surface area contributed by atoms with Crippen molar-refractivity contribution in [3.63, 3.8) is 0 Å². The Morgan fingerprint density at radius 2 is 1.75 bits per heavy atom. The molecule has 0 N–H and O–H groups in total. The number of ether oxygens (including phenoxy) is 1. The van der Waals surface area contributed by atoms with Crippen molar-refractivity contribution in [3.8, 4) is 0 Å². The van der Waals surface area contributed by atoms with Gasteiger partial charge in [-0.25, -0.2) is 14.8 Å². The van der Waals surface area contributed by atoms with Crippen molar-refractivity contribution < 1.29 is 14.4 Å². The average molecular weight is 281 g/mol. The Kier molecular flexibility index (Phi) is 4.70. The summed E-state index contributed by atoms with van der Waals surface area (Å²) in [5, 5.41) is 0.998. The van der Waals surface area contributed by atoms with Crippen molar-refractivity contribution in [2.24, 2.45) is 0 Å². The van der Waals surface area contributed by atoms with Crippen LogP contribution in [0.25, 0.3) is 0 Å². The highest BCUT2D eigenvalue weighted by atomic mass is 16.7. The molecule has 6 nitrogen and oxygen atoms in total. The first kappa shape index (κ1) is 16.4. The lowest BCUT2D eigenvalue weighted by atomic mass is 10.2. The van der Waals surface area contributed by atoms with E-state index in [-0.39, 0.29) is 5.95 Å². The van der Waals surface area contributed by atoms with Crippen molar-refractivity contribution in [3.05, 3.63) is 18.0 Å². The number of aromatic nitrogens is 2. The number of hydroxylamine groups is 1. The predicted molar refractivity (Wildman–Crippen MR) is 76.3 cm³/mol. The van der Waals surface area contributed by atoms with Crippen LogP contribution in [0.5, 0.6) is 0 Å². The van der Waals surface area contributed by atoms with Crippen LogP contribution in [-0.2, 0) is 9.57 Å². The summed E-state index contributed by atoms with van der Waals surface area (Å²) in [6.45, 7) is 12.7. The first-order valence-corrected chi connectivity index (χ1v) is 6.50. The summed E-state index contributed by atoms with van der Waals surface area (Å²) in [5.74, 6) is 0.161. The van der Waals surface area contributed by atoms with Gasteiger partial charge in [0.25, 0.3) is 5.95 Å². The normalized spacial score (nSPS) is 12.2. The number of nitrogens with zero attached hydrogens (tertiary/aromatic N) is 3. The Labute approximate surface area is 120 Å². The molecule has 0 saturated heterocycles. The van der Waals surface area contributed by atoms with Gasteiger partial charge >= 0.3 is 6.09 Å². The summed E-state index contributed by atoms with van der Waals surface area (Å²) in [7, 11) is 0. The molecule has 0 aliphatic carbocycles. The van der Waals surface area contributed by atoms with Crippen LogP contribution in [-0.4, -0.2) is 27.3 Å². The Balaban J connectivity index is 3.06. The van der Waals surface area contributed by atoms with Gasteiger partial charge in [-0.3, -0.25) is 4.84 Å². The minimum atomic E-state index is -0.641. The molecule has 0 aromatic carbocycles. The summed E-state index contributed by atoms with van der Waals surface area (Å²) >= 11 is 0. The first-order valence-electron chi connectivity index (χ1n) is 6.50. The molecular formula is C14H23N3O3. The van der Waals surface area contributed by atoms with E-state index < -0.39 is 17.3 Å². The molecule has 0 atom stereocenters. The van der Waals surface area contributed by atoms with Crippen LogP contribution in [0.1, 0.15) is 47.2 Å². The van der Waals surface area contributed by atoms with Crippen LogP contribution >= 0.6 is 0 Å². The summed E-state index contributed by atoms with van der Waals surface area (Å²) in [6.07, 6.45) is 0.930. The third-order valence-corrected chi connectivity index (χ3v) is 1.89. The zero-order valence-corrected chi connectivity index (χ0v) is 13.2. The molecule has 0 aliphatic heterocycles. The van der Waals surface area contributed by atoms with E-state index >= 15 is 0 Å². The highest BCUT2D eigenvalue weighted by Gasteiger charge is 2.30. The molecule has 0 bridgehead atoms. The minimum absolute atomic E-state index is 0.161. The van der Waals surface area contributed by atoms with Gasteiger partial charge in [-0.1, -0.05) is 0 Å². The van der Waals surface area contributed by atoms with Gasteiger partial charge in [-0.2, -0.15) is 0 Å². The predicted octanol–water partition coefficient (Wildman–Crippen LogP) is 3.26. The van der Waals surface area contributed by atoms with Crippen LogP contribution in [0, 0.1) is 6.92 Å². The van der Waals surface area contributed by atoms with E-state index in [1.807, 2.05) is 27.7 Å². The number of carbonyl (C=O) groups is 1. The van der Waals surface area contributed by atoms with Crippen LogP contribution in [0.2, 0.25) is 0 Å². The maximum Gasteiger partial charge on any atom is 0.442 e. The lowest BCUT2D eigenvalue weighted by Crippen LogP contribution is -2.42. The fraction of sp³-hybridized carbons (Fsp3) is 0.643. The summed E-state index contributed by atoms with van der Waals surface area (Å²) in [5.41, 5.74) is -0.467. The van der Waals surface area contributed by atoms with Gasteiger partial charge in [0.1, 0.15) is 5.60 Å². The summed E-state index contributed by atoms with van der Waals surface area (Å²) in [6, 6.07) is 1.74. The molecule has 0 saturated carbocycles. The van der Waals surface area contributed by atoms with E-state index in [2.05, 4.69) is 9.97 Å². The van der Waals surface area contributed by atoms with Gasteiger partial charge in [0.05, 0.1) is 5.60 Å². The van der Waals surface area contributed by atoms with Crippen molar-refractivity contribution in [2.45, 2.75) is 59.7 Å². The van der Waals surface area contributed by atoms with Gasteiger partial charge < -0.3 is 4.74 Å². The lowest BCUT2D eigenvalue weighted by molar-refractivity contribution is -0.0373. The highest BCUT2D eigenvalue weighted by molar-refractivity contribution is 5.83. The second-order valence-corrected chi connectivity index (χ2v) is 6.48. The van der Waals surface area contributed by atoms with Gasteiger partial charge in [0.2, 0.25) is 0 Å². The number of rotatable bonds is 2. The second kappa shape index (κ2) is 5.75. The smallest absolute Gasteiger partial charge is 0.442 e. The summed E-state index contributed by atoms with van der Waals surface area (Å²) in [4.78, 5) is 26.1. The molecular weight excluding hydrogens is 258 g/mol. The second-order valence-electron chi connectivity index (χ2n) is 6.48. The molecule has 0 fully saturated rings. The number of amides is 1. The largest absolute Gasteiger partial charge is 0.442 e. The van der Waals surface area contributed by atoms with Crippen LogP contribution in [0.15, 0.2) is 12.3 Å². The fourth-order valence-corrected chi connectivity index (χ4v) is 1.27. The molecule has 0 aliphatic rings. The lowest BCUT2D eigenvalue weighted by Gasteiger charge is -2.30. The van der Waals surface area contributed by atoms with Crippen molar-refractivity contribution in [2.75, 3.05) is 5.06 Å². The average Bonchev–Trinajstić information content (AvgIpc) is 2.22. The molecule has 1 heterocycles. The molecule has 112 valence electrons. The molecule has 0 radical (unpaired) electrons. The zero-order chi connectivity index (χ0) is 15.6. The monoisotopic (exact) mass is 281 g/mol. The fourth-order valence-electron chi connectivity index (χ4n) is 1.27. The third kappa shape index (κ3) is 5.52. The standard InChI is InChI=1S/C14H23N3O3/c1-10-8-9-15-11(16-10)17(20-14(5,6)7)12(18)19-13(2,3)4/h8-9H,1-7H3. The van der Waals surface area contributed by atoms with E-state index in [4.69, 9.17) is 9.57 Å². The van der Waals surface area contributed by atoms with E-state index in [1.165, 1.54) is 0 Å². The Bertz CT molecular complexity index is 475. The van der Waals surface area contributed by atoms with E-state index in [1.54, 1.807) is 33.0 Å². The third-order valence-electron chi connectivity index (χ3n) is 1.89. The Hall–Kier alpha value is -1.69. The van der Waals surface area contributed by atoms with Gasteiger partial charge in [0.15, 0.2) is 0 Å². The Morgan fingerprint density at radius 1 is 1.15 bits per heavy atom. The van der Waals surface area contributed by atoms with Crippen LogP contribution in [0.3, 0.4) is 0 Å². The zero-order valence-electron chi connectivity index (χ0n) is 13.2. The molecule has 6 heteroatoms. The maximum atomic E-state index is 12.2. The van der Waals surface area contributed by atoms with E-state index in [0.29, 0.717) is 0 Å². The maximum absolute atomic E-state index is 12.2. The first-order chi connectivity index (χ1) is 8.98. The van der Waals surface area contributed by atoms with Crippen LogP contribution < -0.4 is 5.06 Å². The number of hydrogen-bond donors (Lipinski definition) is 0. The molecule has 1 rings (SSSR count). The van der Waals surface area contributed by atoms with E-state index in [0.717, 1.165) is 10.8 Å². The molecule has 1 aromatic rings. The van der Waals surface area contributed by atoms with Crippen molar-refractivity contribution in [1.82, 2.24) is 9.97 Å². The Morgan fingerprint density at radius 3 is 2.20 bits per heavy atom. The molecule has 0 spiro atoms. The topological polar surface area (TPSA) is 64.6 Å².